The fourth-order valence-electron chi connectivity index (χ4n) is 5.49. The molecule has 198 valence electrons. The van der Waals surface area contributed by atoms with Crippen molar-refractivity contribution in [2.75, 3.05) is 18.5 Å². The lowest BCUT2D eigenvalue weighted by Crippen LogP contribution is -2.48. The van der Waals surface area contributed by atoms with E-state index in [4.69, 9.17) is 4.43 Å². The normalized spacial score (nSPS) is 17.4. The van der Waals surface area contributed by atoms with Crippen LogP contribution in [0.1, 0.15) is 68.9 Å². The van der Waals surface area contributed by atoms with Crippen molar-refractivity contribution in [3.8, 4) is 0 Å². The van der Waals surface area contributed by atoms with Crippen molar-refractivity contribution in [1.29, 1.82) is 0 Å². The second kappa shape index (κ2) is 8.80. The minimum atomic E-state index is -1.84. The van der Waals surface area contributed by atoms with Crippen molar-refractivity contribution in [3.63, 3.8) is 0 Å². The van der Waals surface area contributed by atoms with Gasteiger partial charge in [-0.3, -0.25) is 19.0 Å². The molecule has 10 heteroatoms. The van der Waals surface area contributed by atoms with E-state index < -0.39 is 14.0 Å². The highest BCUT2D eigenvalue weighted by atomic mass is 28.4. The molecule has 1 aliphatic heterocycles. The highest BCUT2D eigenvalue weighted by molar-refractivity contribution is 6.74. The summed E-state index contributed by atoms with van der Waals surface area (Å²) in [7, 11) is -1.84. The van der Waals surface area contributed by atoms with Crippen molar-refractivity contribution < 1.29 is 9.22 Å². The molecule has 1 saturated carbocycles. The fourth-order valence-corrected chi connectivity index (χ4v) is 6.54. The maximum atomic E-state index is 13.8. The average molecular weight is 524 g/mol. The number of aromatic nitrogens is 3. The van der Waals surface area contributed by atoms with Gasteiger partial charge in [-0.05, 0) is 56.3 Å². The Balaban J connectivity index is 1.53. The number of amides is 1. The number of anilines is 1. The summed E-state index contributed by atoms with van der Waals surface area (Å²) < 4.78 is 7.85. The first-order valence-electron chi connectivity index (χ1n) is 13.2. The van der Waals surface area contributed by atoms with Gasteiger partial charge >= 0.3 is 0 Å². The van der Waals surface area contributed by atoms with E-state index in [1.54, 1.807) is 17.6 Å². The molecular weight excluding hydrogens is 486 g/mol. The predicted molar refractivity (Wildman–Crippen MR) is 149 cm³/mol. The molecule has 0 bridgehead atoms. The number of hydrogen-bond donors (Lipinski definition) is 3. The lowest BCUT2D eigenvalue weighted by atomic mass is 9.89. The number of aryl methyl sites for hydroxylation is 1. The van der Waals surface area contributed by atoms with Gasteiger partial charge in [0.1, 0.15) is 22.7 Å². The average Bonchev–Trinajstić information content (AvgIpc) is 3.11. The highest BCUT2D eigenvalue weighted by Crippen LogP contribution is 2.38. The van der Waals surface area contributed by atoms with Gasteiger partial charge in [-0.1, -0.05) is 27.2 Å². The molecule has 2 aliphatic rings. The van der Waals surface area contributed by atoms with Crippen LogP contribution in [0.25, 0.3) is 21.8 Å². The zero-order chi connectivity index (χ0) is 26.8. The Labute approximate surface area is 217 Å². The second-order valence-electron chi connectivity index (χ2n) is 12.0. The largest absolute Gasteiger partial charge is 0.415 e. The molecule has 1 fully saturated rings. The van der Waals surface area contributed by atoms with Crippen LogP contribution in [0.15, 0.2) is 21.9 Å². The molecule has 3 N–H and O–H groups in total. The number of H-pyrrole nitrogens is 1. The van der Waals surface area contributed by atoms with Crippen LogP contribution < -0.4 is 21.6 Å². The maximum Gasteiger partial charge on any atom is 0.277 e. The molecule has 3 aromatic rings. The molecule has 0 aromatic carbocycles. The Bertz CT molecular complexity index is 1530. The number of hydrogen-bond acceptors (Lipinski definition) is 6. The molecule has 9 nitrogen and oxygen atoms in total. The molecule has 3 aromatic heterocycles. The van der Waals surface area contributed by atoms with Crippen LogP contribution in [0.2, 0.25) is 18.1 Å². The van der Waals surface area contributed by atoms with E-state index in [0.717, 1.165) is 19.3 Å². The van der Waals surface area contributed by atoms with Gasteiger partial charge in [-0.2, -0.15) is 0 Å². The molecular formula is C27H37N5O4Si. The van der Waals surface area contributed by atoms with E-state index in [-0.39, 0.29) is 32.8 Å². The van der Waals surface area contributed by atoms with Gasteiger partial charge in [-0.25, -0.2) is 4.98 Å². The zero-order valence-corrected chi connectivity index (χ0v) is 23.6. The molecule has 5 rings (SSSR count). The molecule has 4 heterocycles. The zero-order valence-electron chi connectivity index (χ0n) is 22.6. The van der Waals surface area contributed by atoms with Gasteiger partial charge in [0.05, 0.1) is 22.9 Å². The number of aromatic amines is 1. The first kappa shape index (κ1) is 25.7. The van der Waals surface area contributed by atoms with E-state index in [1.807, 2.05) is 0 Å². The molecule has 0 radical (unpaired) electrons. The molecule has 1 amide bonds. The van der Waals surface area contributed by atoms with Crippen molar-refractivity contribution in [1.82, 2.24) is 19.9 Å². The number of carbonyl (C=O) groups is 1. The number of nitrogens with zero attached hydrogens (tertiary/aromatic N) is 2. The summed E-state index contributed by atoms with van der Waals surface area (Å²) in [6.45, 7) is 13.9. The van der Waals surface area contributed by atoms with E-state index in [2.05, 4.69) is 54.5 Å². The molecule has 0 atom stereocenters. The summed E-state index contributed by atoms with van der Waals surface area (Å²) in [4.78, 5) is 48.0. The van der Waals surface area contributed by atoms with E-state index in [1.165, 1.54) is 6.20 Å². The third kappa shape index (κ3) is 4.10. The number of fused-ring (bicyclic) bond motifs is 4. The Hall–Kier alpha value is -2.98. The Morgan fingerprint density at radius 1 is 1.16 bits per heavy atom. The van der Waals surface area contributed by atoms with Crippen LogP contribution >= 0.6 is 0 Å². The third-order valence-corrected chi connectivity index (χ3v) is 13.1. The summed E-state index contributed by atoms with van der Waals surface area (Å²) in [6, 6.07) is 1.76. The molecule has 37 heavy (non-hydrogen) atoms. The highest BCUT2D eigenvalue weighted by Gasteiger charge is 2.45. The van der Waals surface area contributed by atoms with Gasteiger partial charge in [0, 0.05) is 18.8 Å². The molecule has 0 unspecified atom stereocenters. The van der Waals surface area contributed by atoms with Gasteiger partial charge in [0.15, 0.2) is 13.7 Å². The fraction of sp³-hybridized carbons (Fsp3) is 0.556. The monoisotopic (exact) mass is 523 g/mol. The lowest BCUT2D eigenvalue weighted by molar-refractivity contribution is 0.0877. The van der Waals surface area contributed by atoms with Crippen molar-refractivity contribution in [2.45, 2.75) is 83.6 Å². The standard InChI is InChI=1S/C27H37N5O4Si/c1-16-20-21(25(35)32-22(16)24(34)31-27(32)10-8-7-9-11-27)30-18-14-19(29-15-17(18)23(20)33)28-12-13-36-37(5,6)26(2,3)4/h14-15H,7-13H2,1-6H3,(H,28,29)(H,30,33)(H,31,34). The number of nitrogens with one attached hydrogen (secondary N) is 3. The van der Waals surface area contributed by atoms with Gasteiger partial charge < -0.3 is 20.0 Å². The third-order valence-electron chi connectivity index (χ3n) is 8.60. The van der Waals surface area contributed by atoms with Crippen LogP contribution in [-0.2, 0) is 10.1 Å². The van der Waals surface area contributed by atoms with Gasteiger partial charge in [-0.15, -0.1) is 0 Å². The summed E-state index contributed by atoms with van der Waals surface area (Å²) in [5.41, 5.74) is 0.274. The number of carbonyl (C=O) groups excluding carboxylic acids is 1. The minimum absolute atomic E-state index is 0.136. The minimum Gasteiger partial charge on any atom is -0.415 e. The first-order valence-corrected chi connectivity index (χ1v) is 16.1. The quantitative estimate of drug-likeness (QED) is 0.260. The Morgan fingerprint density at radius 3 is 2.54 bits per heavy atom. The molecule has 1 spiro atoms. The summed E-state index contributed by atoms with van der Waals surface area (Å²) in [6.07, 6.45) is 5.92. The molecule has 1 aliphatic carbocycles. The van der Waals surface area contributed by atoms with Gasteiger partial charge in [0.25, 0.3) is 11.5 Å². The van der Waals surface area contributed by atoms with Crippen LogP contribution in [0, 0.1) is 6.92 Å². The van der Waals surface area contributed by atoms with Crippen LogP contribution in [0.3, 0.4) is 0 Å². The van der Waals surface area contributed by atoms with Crippen molar-refractivity contribution in [2.24, 2.45) is 0 Å². The van der Waals surface area contributed by atoms with E-state index >= 15 is 0 Å². The van der Waals surface area contributed by atoms with E-state index in [0.29, 0.717) is 54.0 Å². The van der Waals surface area contributed by atoms with Crippen LogP contribution in [0.4, 0.5) is 5.82 Å². The number of rotatable bonds is 5. The summed E-state index contributed by atoms with van der Waals surface area (Å²) in [5, 5.41) is 7.14. The van der Waals surface area contributed by atoms with Gasteiger partial charge in [0.2, 0.25) is 0 Å². The summed E-state index contributed by atoms with van der Waals surface area (Å²) in [5.74, 6) is 0.315. The lowest BCUT2D eigenvalue weighted by Gasteiger charge is -2.36. The maximum absolute atomic E-state index is 13.8. The Morgan fingerprint density at radius 2 is 1.86 bits per heavy atom. The van der Waals surface area contributed by atoms with Crippen molar-refractivity contribution in [3.05, 3.63) is 44.1 Å². The predicted octanol–water partition coefficient (Wildman–Crippen LogP) is 4.34. The molecule has 0 saturated heterocycles. The first-order chi connectivity index (χ1) is 17.4. The topological polar surface area (TPSA) is 118 Å². The van der Waals surface area contributed by atoms with Crippen LogP contribution in [-0.4, -0.2) is 41.9 Å². The smallest absolute Gasteiger partial charge is 0.277 e. The Kier molecular flexibility index (Phi) is 6.10. The van der Waals surface area contributed by atoms with Crippen LogP contribution in [0.5, 0.6) is 0 Å². The summed E-state index contributed by atoms with van der Waals surface area (Å²) >= 11 is 0. The van der Waals surface area contributed by atoms with E-state index in [9.17, 15) is 14.4 Å². The number of pyridine rings is 3. The second-order valence-corrected chi connectivity index (χ2v) is 16.8. The SMILES string of the molecule is Cc1c2n(c(=O)c3[nH]c4cc(NCCO[Si](C)(C)C(C)(C)C)ncc4c(=O)c13)C1(CCCCC1)NC2=O. The van der Waals surface area contributed by atoms with Crippen molar-refractivity contribution >= 4 is 41.8 Å².